The van der Waals surface area contributed by atoms with Gasteiger partial charge < -0.3 is 26.4 Å². The van der Waals surface area contributed by atoms with E-state index in [1.807, 2.05) is 0 Å². The van der Waals surface area contributed by atoms with Gasteiger partial charge in [0.05, 0.1) is 28.9 Å². The van der Waals surface area contributed by atoms with Crippen LogP contribution in [-0.4, -0.2) is 52.5 Å². The Balaban J connectivity index is 0.000000200. The van der Waals surface area contributed by atoms with Crippen molar-refractivity contribution in [2.24, 2.45) is 17.6 Å². The Kier molecular flexibility index (Phi) is 16.2. The third-order valence-electron chi connectivity index (χ3n) is 9.10. The zero-order chi connectivity index (χ0) is 38.0. The molecule has 53 heavy (non-hydrogen) atoms. The molecule has 2 fully saturated rings. The van der Waals surface area contributed by atoms with Crippen LogP contribution in [0, 0.1) is 47.2 Å². The number of carbonyl (C=O) groups is 2. The maximum Gasteiger partial charge on any atom is 0.335 e. The van der Waals surface area contributed by atoms with Crippen LogP contribution in [-0.2, 0) is 0 Å². The molecule has 9 heteroatoms. The molecule has 6 N–H and O–H groups in total. The Labute approximate surface area is 310 Å². The number of nitrogens with two attached hydrogens (primary N) is 1. The third-order valence-corrected chi connectivity index (χ3v) is 9.10. The zero-order valence-corrected chi connectivity index (χ0v) is 29.6. The van der Waals surface area contributed by atoms with Crippen molar-refractivity contribution in [1.29, 1.82) is 0 Å². The van der Waals surface area contributed by atoms with Crippen molar-refractivity contribution in [1.82, 2.24) is 5.32 Å². The Bertz CT molecular complexity index is 1910. The van der Waals surface area contributed by atoms with Crippen LogP contribution < -0.4 is 11.1 Å². The molecule has 276 valence electrons. The Morgan fingerprint density at radius 1 is 0.642 bits per heavy atom. The second kappa shape index (κ2) is 21.3. The average molecular weight is 721 g/mol. The highest BCUT2D eigenvalue weighted by atomic mass is 19.1. The summed E-state index contributed by atoms with van der Waals surface area (Å²) in [5, 5.41) is 30.5. The molecule has 0 spiro atoms. The molecule has 0 bridgehead atoms. The van der Waals surface area contributed by atoms with E-state index in [2.05, 4.69) is 29.0 Å². The summed E-state index contributed by atoms with van der Waals surface area (Å²) < 4.78 is 26.8. The second-order valence-electron chi connectivity index (χ2n) is 13.2. The Hall–Kier alpha value is -5.32. The minimum atomic E-state index is -0.983. The zero-order valence-electron chi connectivity index (χ0n) is 29.6. The smallest absolute Gasteiger partial charge is 0.335 e. The maximum absolute atomic E-state index is 13.6. The number of nitrogens with one attached hydrogen (secondary N) is 1. The van der Waals surface area contributed by atoms with Crippen molar-refractivity contribution in [3.63, 3.8) is 0 Å². The Morgan fingerprint density at radius 3 is 1.53 bits per heavy atom. The van der Waals surface area contributed by atoms with Crippen LogP contribution in [0.5, 0.6) is 0 Å². The van der Waals surface area contributed by atoms with E-state index in [0.717, 1.165) is 57.1 Å². The molecule has 2 saturated carbocycles. The Morgan fingerprint density at radius 2 is 1.09 bits per heavy atom. The van der Waals surface area contributed by atoms with Gasteiger partial charge in [-0.1, -0.05) is 60.8 Å². The van der Waals surface area contributed by atoms with Crippen LogP contribution in [0.25, 0.3) is 0 Å². The monoisotopic (exact) mass is 720 g/mol. The van der Waals surface area contributed by atoms with Gasteiger partial charge >= 0.3 is 5.97 Å². The van der Waals surface area contributed by atoms with Crippen molar-refractivity contribution in [3.05, 3.63) is 142 Å². The van der Waals surface area contributed by atoms with Crippen molar-refractivity contribution in [2.45, 2.75) is 63.6 Å². The van der Waals surface area contributed by atoms with Gasteiger partial charge in [0.1, 0.15) is 11.6 Å². The lowest BCUT2D eigenvalue weighted by Crippen LogP contribution is -2.32. The number of aliphatic hydroxyl groups excluding tert-OH is 2. The summed E-state index contributed by atoms with van der Waals surface area (Å²) >= 11 is 0. The topological polar surface area (TPSA) is 133 Å². The van der Waals surface area contributed by atoms with Crippen LogP contribution in [0.3, 0.4) is 0 Å². The molecular weight excluding hydrogens is 674 g/mol. The fourth-order valence-corrected chi connectivity index (χ4v) is 6.07. The van der Waals surface area contributed by atoms with Crippen LogP contribution >= 0.6 is 0 Å². The second-order valence-corrected chi connectivity index (χ2v) is 13.2. The quantitative estimate of drug-likeness (QED) is 0.142. The van der Waals surface area contributed by atoms with Crippen LogP contribution in [0.4, 0.5) is 8.78 Å². The van der Waals surface area contributed by atoms with Gasteiger partial charge in [0.25, 0.3) is 5.91 Å². The van der Waals surface area contributed by atoms with Crippen LogP contribution in [0.1, 0.15) is 94.3 Å². The number of aromatic carboxylic acids is 1. The van der Waals surface area contributed by atoms with E-state index in [1.54, 1.807) is 72.8 Å². The molecular formula is C44H46F2N2O5. The molecule has 4 aromatic carbocycles. The highest BCUT2D eigenvalue weighted by Crippen LogP contribution is 2.24. The van der Waals surface area contributed by atoms with E-state index in [-0.39, 0.29) is 35.3 Å². The van der Waals surface area contributed by atoms with Gasteiger partial charge in [0.2, 0.25) is 0 Å². The first-order valence-electron chi connectivity index (χ1n) is 17.9. The summed E-state index contributed by atoms with van der Waals surface area (Å²) in [6, 6.07) is 25.7. The van der Waals surface area contributed by atoms with E-state index < -0.39 is 5.97 Å². The van der Waals surface area contributed by atoms with E-state index in [9.17, 15) is 23.5 Å². The van der Waals surface area contributed by atoms with Gasteiger partial charge in [0.15, 0.2) is 0 Å². The SMILES string of the molecule is NCC1CCCC(O)C1.O=C(NCC1CCCC(O)C1)c1ccc(C#Cc2ccccc2F)cc1.O=C(O)c1ccc(C#Cc2ccccc2F)cc1. The predicted molar refractivity (Wildman–Crippen MR) is 202 cm³/mol. The van der Waals surface area contributed by atoms with E-state index in [4.69, 9.17) is 15.9 Å². The predicted octanol–water partition coefficient (Wildman–Crippen LogP) is 6.93. The lowest BCUT2D eigenvalue weighted by atomic mass is 9.87. The fraction of sp³-hybridized carbons (Fsp3) is 0.318. The number of benzene rings is 4. The van der Waals surface area contributed by atoms with Crippen molar-refractivity contribution in [2.75, 3.05) is 13.1 Å². The summed E-state index contributed by atoms with van der Waals surface area (Å²) in [6.45, 7) is 1.34. The lowest BCUT2D eigenvalue weighted by molar-refractivity contribution is 0.0696. The van der Waals surface area contributed by atoms with Crippen molar-refractivity contribution >= 4 is 11.9 Å². The summed E-state index contributed by atoms with van der Waals surface area (Å²) in [7, 11) is 0. The molecule has 6 rings (SSSR count). The summed E-state index contributed by atoms with van der Waals surface area (Å²) in [5.74, 6) is 10.3. The number of carboxylic acid groups (broad SMARTS) is 1. The summed E-state index contributed by atoms with van der Waals surface area (Å²) in [4.78, 5) is 22.9. The minimum Gasteiger partial charge on any atom is -0.478 e. The highest BCUT2D eigenvalue weighted by Gasteiger charge is 2.21. The average Bonchev–Trinajstić information content (AvgIpc) is 3.17. The minimum absolute atomic E-state index is 0.0627. The molecule has 4 unspecified atom stereocenters. The van der Waals surface area contributed by atoms with Crippen LogP contribution in [0.15, 0.2) is 97.1 Å². The van der Waals surface area contributed by atoms with E-state index >= 15 is 0 Å². The largest absolute Gasteiger partial charge is 0.478 e. The first-order chi connectivity index (χ1) is 25.6. The molecule has 0 aliphatic heterocycles. The number of amides is 1. The van der Waals surface area contributed by atoms with Gasteiger partial charge in [-0.15, -0.1) is 0 Å². The number of hydrogen-bond donors (Lipinski definition) is 5. The standard InChI is InChI=1S/C22H22FNO2.C15H9FO2.C7H15NO/c23-21-7-2-1-5-18(21)11-8-16-9-12-19(13-10-16)22(26)24-15-17-4-3-6-20(25)14-17;16-14-4-2-1-3-12(14)8-5-11-6-9-13(10-7-11)15(17)18;8-5-6-2-1-3-7(9)4-6/h1-2,5,7,9-10,12-13,17,20,25H,3-4,6,14-15H2,(H,24,26);1-4,6-7,9-10H,(H,17,18);6-7,9H,1-5,8H2. The number of carboxylic acids is 1. The molecule has 0 aromatic heterocycles. The van der Waals surface area contributed by atoms with Crippen molar-refractivity contribution < 1.29 is 33.7 Å². The lowest BCUT2D eigenvalue weighted by Gasteiger charge is -2.25. The molecule has 4 aromatic rings. The van der Waals surface area contributed by atoms with E-state index in [1.165, 1.54) is 30.7 Å². The van der Waals surface area contributed by atoms with Gasteiger partial charge in [-0.25, -0.2) is 13.6 Å². The molecule has 4 atom stereocenters. The molecule has 2 aliphatic rings. The molecule has 0 heterocycles. The molecule has 0 saturated heterocycles. The number of rotatable bonds is 5. The number of hydrogen-bond acceptors (Lipinski definition) is 5. The first kappa shape index (κ1) is 40.5. The third kappa shape index (κ3) is 14.0. The first-order valence-corrected chi connectivity index (χ1v) is 17.9. The van der Waals surface area contributed by atoms with Gasteiger partial charge in [-0.2, -0.15) is 0 Å². The number of halogens is 2. The van der Waals surface area contributed by atoms with Gasteiger partial charge in [0, 0.05) is 23.2 Å². The van der Waals surface area contributed by atoms with E-state index in [0.29, 0.717) is 40.6 Å². The van der Waals surface area contributed by atoms with Crippen LogP contribution in [0.2, 0.25) is 0 Å². The fourth-order valence-electron chi connectivity index (χ4n) is 6.07. The van der Waals surface area contributed by atoms with Crippen molar-refractivity contribution in [3.8, 4) is 23.7 Å². The van der Waals surface area contributed by atoms with Gasteiger partial charge in [-0.05, 0) is 130 Å². The highest BCUT2D eigenvalue weighted by molar-refractivity contribution is 5.94. The summed E-state index contributed by atoms with van der Waals surface area (Å²) in [5.41, 5.74) is 8.26. The van der Waals surface area contributed by atoms with Gasteiger partial charge in [-0.3, -0.25) is 4.79 Å². The molecule has 0 radical (unpaired) electrons. The normalized spacial score (nSPS) is 18.9. The summed E-state index contributed by atoms with van der Waals surface area (Å²) in [6.07, 6.45) is 7.65. The molecule has 1 amide bonds. The number of aliphatic hydroxyl groups is 2. The maximum atomic E-state index is 13.6. The molecule has 7 nitrogen and oxygen atoms in total. The number of carbonyl (C=O) groups excluding carboxylic acids is 1. The molecule has 2 aliphatic carbocycles.